The zero-order valence-corrected chi connectivity index (χ0v) is 22.6. The summed E-state index contributed by atoms with van der Waals surface area (Å²) < 4.78 is 15.6. The Bertz CT molecular complexity index is 1680. The number of aryl methyl sites for hydroxylation is 1. The van der Waals surface area contributed by atoms with Gasteiger partial charge in [-0.3, -0.25) is 14.5 Å². The molecule has 0 bridgehead atoms. The second kappa shape index (κ2) is 11.9. The summed E-state index contributed by atoms with van der Waals surface area (Å²) >= 11 is 5.27. The fourth-order valence-electron chi connectivity index (χ4n) is 4.50. The van der Waals surface area contributed by atoms with Gasteiger partial charge in [0.25, 0.3) is 0 Å². The van der Waals surface area contributed by atoms with Gasteiger partial charge in [0.2, 0.25) is 0 Å². The fraction of sp³-hybridized carbons (Fsp3) is 0.167. The molecular formula is C30H29N5O3S. The van der Waals surface area contributed by atoms with E-state index in [-0.39, 0.29) is 18.9 Å². The summed E-state index contributed by atoms with van der Waals surface area (Å²) in [5.41, 5.74) is 5.79. The van der Waals surface area contributed by atoms with Crippen LogP contribution < -0.4 is 10.1 Å². The number of hydrogen-bond acceptors (Lipinski definition) is 6. The molecule has 2 aromatic heterocycles. The van der Waals surface area contributed by atoms with Crippen LogP contribution in [0.3, 0.4) is 0 Å². The highest BCUT2D eigenvalue weighted by atomic mass is 32.1. The number of ketones is 1. The van der Waals surface area contributed by atoms with Gasteiger partial charge in [-0.15, -0.1) is 0 Å². The standard InChI is InChI=1S/C30H29N5O3S/c1-21-27-8-3-4-9-28(27)35(29(21)17-25(36)13-10-22-11-14-26(37-2)15-12-22)20-38-19-31-23-6-5-7-24(16-23)34-18-32-33-30(34)39/h3-16,18,31H,17,19-20H2,1-2H3,(H,33,39). The van der Waals surface area contributed by atoms with E-state index in [1.54, 1.807) is 24.1 Å². The van der Waals surface area contributed by atoms with Crippen LogP contribution in [-0.4, -0.2) is 39.0 Å². The summed E-state index contributed by atoms with van der Waals surface area (Å²) in [6.45, 7) is 2.65. The summed E-state index contributed by atoms with van der Waals surface area (Å²) in [7, 11) is 1.63. The van der Waals surface area contributed by atoms with Gasteiger partial charge in [0.1, 0.15) is 25.5 Å². The predicted molar refractivity (Wildman–Crippen MR) is 156 cm³/mol. The summed E-state index contributed by atoms with van der Waals surface area (Å²) in [5, 5.41) is 11.1. The van der Waals surface area contributed by atoms with Gasteiger partial charge in [-0.2, -0.15) is 5.10 Å². The molecule has 0 saturated carbocycles. The van der Waals surface area contributed by atoms with Crippen LogP contribution in [-0.2, 0) is 22.7 Å². The van der Waals surface area contributed by atoms with Crippen molar-refractivity contribution in [2.24, 2.45) is 0 Å². The molecule has 0 saturated heterocycles. The predicted octanol–water partition coefficient (Wildman–Crippen LogP) is 6.07. The van der Waals surface area contributed by atoms with Crippen molar-refractivity contribution in [3.8, 4) is 11.4 Å². The number of nitrogens with zero attached hydrogens (tertiary/aromatic N) is 3. The lowest BCUT2D eigenvalue weighted by Crippen LogP contribution is -2.14. The van der Waals surface area contributed by atoms with Crippen LogP contribution in [0.1, 0.15) is 16.8 Å². The van der Waals surface area contributed by atoms with Crippen molar-refractivity contribution in [2.45, 2.75) is 20.1 Å². The van der Waals surface area contributed by atoms with Gasteiger partial charge in [-0.25, -0.2) is 0 Å². The first kappa shape index (κ1) is 26.1. The highest BCUT2D eigenvalue weighted by Crippen LogP contribution is 2.26. The third-order valence-electron chi connectivity index (χ3n) is 6.55. The van der Waals surface area contributed by atoms with Crippen LogP contribution in [0.4, 0.5) is 5.69 Å². The Hall–Kier alpha value is -4.47. The molecule has 2 heterocycles. The maximum absolute atomic E-state index is 13.0. The van der Waals surface area contributed by atoms with Gasteiger partial charge in [-0.1, -0.05) is 42.5 Å². The summed E-state index contributed by atoms with van der Waals surface area (Å²) in [5.74, 6) is 0.800. The molecule has 0 fully saturated rings. The number of H-pyrrole nitrogens is 1. The number of carbonyl (C=O) groups excluding carboxylic acids is 1. The van der Waals surface area contributed by atoms with Gasteiger partial charge in [0, 0.05) is 16.8 Å². The van der Waals surface area contributed by atoms with E-state index in [0.717, 1.165) is 44.8 Å². The SMILES string of the molecule is COc1ccc(C=CC(=O)Cc2c(C)c3ccccc3n2COCNc2cccc(-n3cn[nH]c3=S)c2)cc1. The van der Waals surface area contributed by atoms with Crippen LogP contribution in [0.15, 0.2) is 85.2 Å². The lowest BCUT2D eigenvalue weighted by molar-refractivity contribution is -0.114. The molecule has 0 spiro atoms. The van der Waals surface area contributed by atoms with Gasteiger partial charge in [0.05, 0.1) is 24.7 Å². The lowest BCUT2D eigenvalue weighted by atomic mass is 10.1. The second-order valence-corrected chi connectivity index (χ2v) is 9.39. The van der Waals surface area contributed by atoms with Gasteiger partial charge >= 0.3 is 0 Å². The maximum atomic E-state index is 13.0. The number of allylic oxidation sites excluding steroid dienone is 1. The Labute approximate surface area is 231 Å². The van der Waals surface area contributed by atoms with Crippen LogP contribution in [0.5, 0.6) is 5.75 Å². The molecule has 0 amide bonds. The number of benzene rings is 3. The number of aromatic nitrogens is 4. The van der Waals surface area contributed by atoms with Crippen molar-refractivity contribution in [2.75, 3.05) is 19.2 Å². The number of fused-ring (bicyclic) bond motifs is 1. The molecule has 8 nitrogen and oxygen atoms in total. The number of methoxy groups -OCH3 is 1. The lowest BCUT2D eigenvalue weighted by Gasteiger charge is -2.13. The third kappa shape index (κ3) is 6.00. The topological polar surface area (TPSA) is 86.1 Å². The zero-order chi connectivity index (χ0) is 27.2. The Morgan fingerprint density at radius 2 is 1.92 bits per heavy atom. The molecule has 0 unspecified atom stereocenters. The van der Waals surface area contributed by atoms with E-state index >= 15 is 0 Å². The first-order valence-corrected chi connectivity index (χ1v) is 12.9. The van der Waals surface area contributed by atoms with E-state index in [2.05, 4.69) is 39.1 Å². The molecule has 5 aromatic rings. The van der Waals surface area contributed by atoms with Crippen molar-refractivity contribution >= 4 is 40.7 Å². The van der Waals surface area contributed by atoms with Crippen molar-refractivity contribution in [3.05, 3.63) is 107 Å². The number of carbonyl (C=O) groups is 1. The summed E-state index contributed by atoms with van der Waals surface area (Å²) in [6.07, 6.45) is 5.38. The number of rotatable bonds is 11. The average molecular weight is 540 g/mol. The van der Waals surface area contributed by atoms with Crippen molar-refractivity contribution in [1.82, 2.24) is 19.3 Å². The number of anilines is 1. The quantitative estimate of drug-likeness (QED) is 0.0917. The zero-order valence-electron chi connectivity index (χ0n) is 21.8. The number of aromatic amines is 1. The van der Waals surface area contributed by atoms with E-state index < -0.39 is 0 Å². The number of para-hydroxylation sites is 1. The third-order valence-corrected chi connectivity index (χ3v) is 6.84. The first-order chi connectivity index (χ1) is 19.0. The van der Waals surface area contributed by atoms with Crippen LogP contribution >= 0.6 is 12.2 Å². The van der Waals surface area contributed by atoms with Crippen molar-refractivity contribution < 1.29 is 14.3 Å². The molecule has 0 aliphatic carbocycles. The Morgan fingerprint density at radius 3 is 2.69 bits per heavy atom. The van der Waals surface area contributed by atoms with Gasteiger partial charge in [-0.05, 0) is 72.7 Å². The largest absolute Gasteiger partial charge is 0.497 e. The molecule has 0 aliphatic heterocycles. The molecular weight excluding hydrogens is 510 g/mol. The minimum Gasteiger partial charge on any atom is -0.497 e. The van der Waals surface area contributed by atoms with E-state index in [9.17, 15) is 4.79 Å². The smallest absolute Gasteiger partial charge is 0.199 e. The molecule has 2 N–H and O–H groups in total. The van der Waals surface area contributed by atoms with Crippen LogP contribution in [0.2, 0.25) is 0 Å². The van der Waals surface area contributed by atoms with E-state index in [0.29, 0.717) is 11.5 Å². The highest BCUT2D eigenvalue weighted by molar-refractivity contribution is 7.71. The monoisotopic (exact) mass is 539 g/mol. The minimum atomic E-state index is 0.0192. The van der Waals surface area contributed by atoms with E-state index in [1.165, 1.54) is 0 Å². The number of nitrogens with one attached hydrogen (secondary N) is 2. The molecule has 0 radical (unpaired) electrons. The average Bonchev–Trinajstić information content (AvgIpc) is 3.51. The normalized spacial score (nSPS) is 11.3. The highest BCUT2D eigenvalue weighted by Gasteiger charge is 2.16. The van der Waals surface area contributed by atoms with E-state index in [1.807, 2.05) is 66.7 Å². The van der Waals surface area contributed by atoms with Crippen molar-refractivity contribution in [3.63, 3.8) is 0 Å². The maximum Gasteiger partial charge on any atom is 0.199 e. The molecule has 9 heteroatoms. The molecule has 39 heavy (non-hydrogen) atoms. The molecule has 0 atom stereocenters. The second-order valence-electron chi connectivity index (χ2n) is 9.00. The molecule has 5 rings (SSSR count). The number of ether oxygens (including phenoxy) is 2. The van der Waals surface area contributed by atoms with Crippen LogP contribution in [0, 0.1) is 11.7 Å². The summed E-state index contributed by atoms with van der Waals surface area (Å²) in [6, 6.07) is 23.6. The summed E-state index contributed by atoms with van der Waals surface area (Å²) in [4.78, 5) is 13.0. The Balaban J connectivity index is 1.27. The molecule has 0 aliphatic rings. The first-order valence-electron chi connectivity index (χ1n) is 12.5. The number of hydrogen-bond donors (Lipinski definition) is 2. The fourth-order valence-corrected chi connectivity index (χ4v) is 4.71. The Kier molecular flexibility index (Phi) is 8.00. The Morgan fingerprint density at radius 1 is 1.10 bits per heavy atom. The van der Waals surface area contributed by atoms with Gasteiger partial charge in [0.15, 0.2) is 10.6 Å². The van der Waals surface area contributed by atoms with Gasteiger partial charge < -0.3 is 19.4 Å². The van der Waals surface area contributed by atoms with Crippen molar-refractivity contribution in [1.29, 1.82) is 0 Å². The molecule has 198 valence electrons. The minimum absolute atomic E-state index is 0.0192. The molecule has 3 aromatic carbocycles. The van der Waals surface area contributed by atoms with E-state index in [4.69, 9.17) is 21.7 Å². The van der Waals surface area contributed by atoms with Crippen LogP contribution in [0.25, 0.3) is 22.7 Å².